The van der Waals surface area contributed by atoms with Gasteiger partial charge in [-0.1, -0.05) is 18.5 Å². The van der Waals surface area contributed by atoms with Crippen molar-refractivity contribution in [3.05, 3.63) is 83.1 Å². The summed E-state index contributed by atoms with van der Waals surface area (Å²) in [6.45, 7) is 3.14. The minimum atomic E-state index is -4.02. The van der Waals surface area contributed by atoms with Crippen molar-refractivity contribution >= 4 is 43.2 Å². The molecule has 1 aliphatic rings. The van der Waals surface area contributed by atoms with Crippen LogP contribution in [0.1, 0.15) is 24.2 Å². The predicted molar refractivity (Wildman–Crippen MR) is 156 cm³/mol. The monoisotopic (exact) mass is 639 g/mol. The van der Waals surface area contributed by atoms with Gasteiger partial charge in [0.25, 0.3) is 15.9 Å². The predicted octanol–water partition coefficient (Wildman–Crippen LogP) is 3.82. The largest absolute Gasteiger partial charge is 0.488 e. The number of hydrogen-bond donors (Lipinski definition) is 2. The Hall–Kier alpha value is -3.23. The van der Waals surface area contributed by atoms with Crippen LogP contribution in [0.3, 0.4) is 0 Å². The first-order chi connectivity index (χ1) is 19.7. The van der Waals surface area contributed by atoms with Gasteiger partial charge in [0.05, 0.1) is 34.5 Å². The van der Waals surface area contributed by atoms with Crippen molar-refractivity contribution in [1.82, 2.24) is 9.21 Å². The molecule has 226 valence electrons. The zero-order valence-electron chi connectivity index (χ0n) is 23.1. The first-order valence-electron chi connectivity index (χ1n) is 13.0. The molecule has 3 aromatic carbocycles. The van der Waals surface area contributed by atoms with E-state index in [1.165, 1.54) is 66.5 Å². The van der Waals surface area contributed by atoms with Gasteiger partial charge in [-0.05, 0) is 73.7 Å². The molecule has 14 heteroatoms. The van der Waals surface area contributed by atoms with Crippen molar-refractivity contribution in [1.29, 1.82) is 0 Å². The topological polar surface area (TPSA) is 133 Å². The van der Waals surface area contributed by atoms with E-state index in [-0.39, 0.29) is 52.4 Å². The van der Waals surface area contributed by atoms with E-state index in [1.807, 2.05) is 0 Å². The third-order valence-electron chi connectivity index (χ3n) is 7.00. The van der Waals surface area contributed by atoms with E-state index in [0.29, 0.717) is 5.02 Å². The number of likely N-dealkylation sites (N-methyl/N-ethyl adjacent to an activating group) is 1. The fourth-order valence-electron chi connectivity index (χ4n) is 4.47. The number of sulfonamides is 2. The lowest BCUT2D eigenvalue weighted by molar-refractivity contribution is 0.0387. The van der Waals surface area contributed by atoms with Crippen molar-refractivity contribution in [2.24, 2.45) is 5.92 Å². The molecule has 3 atom stereocenters. The molecule has 0 aliphatic carbocycles. The smallest absolute Gasteiger partial charge is 0.261 e. The van der Waals surface area contributed by atoms with Crippen LogP contribution in [0, 0.1) is 11.7 Å². The number of rotatable bonds is 9. The van der Waals surface area contributed by atoms with Crippen LogP contribution in [-0.2, 0) is 20.0 Å². The lowest BCUT2D eigenvalue weighted by Crippen LogP contribution is -2.50. The van der Waals surface area contributed by atoms with Crippen molar-refractivity contribution in [3.8, 4) is 5.75 Å². The molecule has 42 heavy (non-hydrogen) atoms. The number of carbonyl (C=O) groups is 1. The number of ether oxygens (including phenoxy) is 1. The molecule has 0 saturated carbocycles. The molecule has 1 aliphatic heterocycles. The van der Waals surface area contributed by atoms with Crippen LogP contribution in [0.15, 0.2) is 76.5 Å². The fraction of sp³-hybridized carbons (Fsp3) is 0.321. The Kier molecular flexibility index (Phi) is 9.48. The van der Waals surface area contributed by atoms with Crippen LogP contribution in [0.2, 0.25) is 5.02 Å². The lowest BCUT2D eigenvalue weighted by atomic mass is 9.99. The average molecular weight is 640 g/mol. The Morgan fingerprint density at radius 3 is 2.31 bits per heavy atom. The van der Waals surface area contributed by atoms with E-state index in [9.17, 15) is 31.1 Å². The molecule has 2 N–H and O–H groups in total. The van der Waals surface area contributed by atoms with Crippen molar-refractivity contribution in [3.63, 3.8) is 0 Å². The van der Waals surface area contributed by atoms with Crippen molar-refractivity contribution < 1.29 is 35.9 Å². The molecule has 0 bridgehead atoms. The minimum absolute atomic E-state index is 0.0314. The molecular weight excluding hydrogens is 609 g/mol. The fourth-order valence-corrected chi connectivity index (χ4v) is 6.83. The standard InChI is InChI=1S/C28H31ClFN3O7S2/c1-18-15-33(19(2)17-34)28(35)25-14-22(31-41(36,37)23-9-4-20(29)5-10-23)8-13-26(25)40-27(18)16-32(3)42(38,39)24-11-6-21(30)7-12-24/h4-14,18-19,27,31,34H,15-17H2,1-3H3/t18-,19-,27-/m1/s1. The highest BCUT2D eigenvalue weighted by atomic mass is 35.5. The molecule has 3 aromatic rings. The number of nitrogens with zero attached hydrogens (tertiary/aromatic N) is 2. The third-order valence-corrected chi connectivity index (χ3v) is 10.5. The van der Waals surface area contributed by atoms with E-state index in [4.69, 9.17) is 16.3 Å². The van der Waals surface area contributed by atoms with Gasteiger partial charge in [0.15, 0.2) is 0 Å². The highest BCUT2D eigenvalue weighted by Gasteiger charge is 2.35. The van der Waals surface area contributed by atoms with Crippen molar-refractivity contribution in [2.45, 2.75) is 35.8 Å². The van der Waals surface area contributed by atoms with Crippen LogP contribution in [-0.4, -0.2) is 75.9 Å². The van der Waals surface area contributed by atoms with Gasteiger partial charge >= 0.3 is 0 Å². The maximum atomic E-state index is 13.7. The Balaban J connectivity index is 1.68. The van der Waals surface area contributed by atoms with Crippen LogP contribution in [0.5, 0.6) is 5.75 Å². The zero-order chi connectivity index (χ0) is 30.8. The van der Waals surface area contributed by atoms with Gasteiger partial charge in [-0.15, -0.1) is 0 Å². The van der Waals surface area contributed by atoms with E-state index >= 15 is 0 Å². The summed E-state index contributed by atoms with van der Waals surface area (Å²) in [7, 11) is -6.64. The van der Waals surface area contributed by atoms with E-state index in [0.717, 1.165) is 16.4 Å². The number of anilines is 1. The number of hydrogen-bond acceptors (Lipinski definition) is 7. The maximum absolute atomic E-state index is 13.7. The van der Waals surface area contributed by atoms with E-state index in [1.54, 1.807) is 13.8 Å². The summed E-state index contributed by atoms with van der Waals surface area (Å²) < 4.78 is 75.4. The average Bonchev–Trinajstić information content (AvgIpc) is 2.95. The number of aliphatic hydroxyl groups is 1. The number of carbonyl (C=O) groups excluding carboxylic acids is 1. The molecule has 0 unspecified atom stereocenters. The van der Waals surface area contributed by atoms with Gasteiger partial charge in [0.2, 0.25) is 10.0 Å². The molecule has 4 rings (SSSR count). The molecule has 1 heterocycles. The second-order valence-electron chi connectivity index (χ2n) is 10.1. The minimum Gasteiger partial charge on any atom is -0.488 e. The van der Waals surface area contributed by atoms with Gasteiger partial charge in [0.1, 0.15) is 17.7 Å². The van der Waals surface area contributed by atoms with Gasteiger partial charge < -0.3 is 14.7 Å². The molecule has 0 saturated heterocycles. The number of fused-ring (bicyclic) bond motifs is 1. The van der Waals surface area contributed by atoms with Crippen LogP contribution in [0.4, 0.5) is 10.1 Å². The number of amides is 1. The maximum Gasteiger partial charge on any atom is 0.261 e. The van der Waals surface area contributed by atoms with Gasteiger partial charge in [-0.25, -0.2) is 21.2 Å². The Morgan fingerprint density at radius 2 is 1.69 bits per heavy atom. The van der Waals surface area contributed by atoms with E-state index < -0.39 is 43.9 Å². The summed E-state index contributed by atoms with van der Waals surface area (Å²) in [4.78, 5) is 15.0. The third kappa shape index (κ3) is 6.87. The van der Waals surface area contributed by atoms with Gasteiger partial charge in [-0.3, -0.25) is 9.52 Å². The summed E-state index contributed by atoms with van der Waals surface area (Å²) >= 11 is 5.87. The SMILES string of the molecule is C[C@@H]1CN([C@H](C)CO)C(=O)c2cc(NS(=O)(=O)c3ccc(Cl)cc3)ccc2O[C@@H]1CN(C)S(=O)(=O)c1ccc(F)cc1. The Morgan fingerprint density at radius 1 is 1.07 bits per heavy atom. The lowest BCUT2D eigenvalue weighted by Gasteiger charge is -2.38. The number of halogens is 2. The van der Waals surface area contributed by atoms with Crippen molar-refractivity contribution in [2.75, 3.05) is 31.5 Å². The highest BCUT2D eigenvalue weighted by molar-refractivity contribution is 7.92. The highest BCUT2D eigenvalue weighted by Crippen LogP contribution is 2.32. The number of benzene rings is 3. The summed E-state index contributed by atoms with van der Waals surface area (Å²) in [5, 5.41) is 10.2. The summed E-state index contributed by atoms with van der Waals surface area (Å²) in [6, 6.07) is 13.7. The van der Waals surface area contributed by atoms with Gasteiger partial charge in [0, 0.05) is 30.2 Å². The summed E-state index contributed by atoms with van der Waals surface area (Å²) in [6.07, 6.45) is -0.748. The summed E-state index contributed by atoms with van der Waals surface area (Å²) in [5.74, 6) is -1.32. The normalized spacial score (nSPS) is 18.5. The van der Waals surface area contributed by atoms with Crippen LogP contribution >= 0.6 is 11.6 Å². The zero-order valence-corrected chi connectivity index (χ0v) is 25.5. The first-order valence-corrected chi connectivity index (χ1v) is 16.3. The molecule has 0 fully saturated rings. The van der Waals surface area contributed by atoms with Crippen LogP contribution in [0.25, 0.3) is 0 Å². The summed E-state index contributed by atoms with van der Waals surface area (Å²) in [5.41, 5.74) is 0.131. The molecular formula is C28H31ClFN3O7S2. The molecule has 0 spiro atoms. The Labute approximate surface area is 249 Å². The molecule has 0 aromatic heterocycles. The number of nitrogens with one attached hydrogen (secondary N) is 1. The second-order valence-corrected chi connectivity index (χ2v) is 14.3. The number of aliphatic hydroxyl groups excluding tert-OH is 1. The first kappa shape index (κ1) is 31.7. The quantitative estimate of drug-likeness (QED) is 0.364. The Bertz CT molecular complexity index is 1650. The van der Waals surface area contributed by atoms with Crippen LogP contribution < -0.4 is 9.46 Å². The van der Waals surface area contributed by atoms with E-state index in [2.05, 4.69) is 4.72 Å². The van der Waals surface area contributed by atoms with Gasteiger partial charge in [-0.2, -0.15) is 4.31 Å². The molecule has 1 amide bonds. The second kappa shape index (κ2) is 12.6. The molecule has 10 nitrogen and oxygen atoms in total. The molecule has 0 radical (unpaired) electrons.